The van der Waals surface area contributed by atoms with Gasteiger partial charge in [-0.1, -0.05) is 27.5 Å². The monoisotopic (exact) mass is 395 g/mol. The van der Waals surface area contributed by atoms with Crippen LogP contribution in [0.4, 0.5) is 18.9 Å². The molecule has 1 N–H and O–H groups in total. The van der Waals surface area contributed by atoms with Gasteiger partial charge in [-0.25, -0.2) is 0 Å². The summed E-state index contributed by atoms with van der Waals surface area (Å²) in [6, 6.07) is 5.08. The Balaban J connectivity index is 2.35. The number of hydrogen-bond donors (Lipinski definition) is 1. The average Bonchev–Trinajstić information content (AvgIpc) is 2.67. The molecule has 2 aromatic rings. The molecule has 0 bridgehead atoms. The molecule has 0 spiro atoms. The smallest absolute Gasteiger partial charge is 0.320 e. The molecule has 0 radical (unpaired) electrons. The summed E-state index contributed by atoms with van der Waals surface area (Å²) in [6.45, 7) is 1.75. The molecule has 0 fully saturated rings. The number of nitrogens with zero attached hydrogens (tertiary/aromatic N) is 2. The number of hydrogen-bond acceptors (Lipinski definition) is 2. The van der Waals surface area contributed by atoms with Crippen molar-refractivity contribution in [3.63, 3.8) is 0 Å². The number of aryl methyl sites for hydroxylation is 2. The van der Waals surface area contributed by atoms with E-state index in [9.17, 15) is 18.0 Å². The first-order chi connectivity index (χ1) is 10.1. The van der Waals surface area contributed by atoms with Crippen molar-refractivity contribution in [2.75, 3.05) is 5.32 Å². The number of aromatic nitrogens is 2. The highest BCUT2D eigenvalue weighted by atomic mass is 79.9. The largest absolute Gasteiger partial charge is 0.434 e. The lowest BCUT2D eigenvalue weighted by Crippen LogP contribution is -2.14. The number of anilines is 1. The van der Waals surface area contributed by atoms with Crippen LogP contribution in [0.3, 0.4) is 0 Å². The van der Waals surface area contributed by atoms with Crippen LogP contribution in [0.2, 0.25) is 5.02 Å². The van der Waals surface area contributed by atoms with Gasteiger partial charge < -0.3 is 5.32 Å². The van der Waals surface area contributed by atoms with Gasteiger partial charge in [0.05, 0.1) is 0 Å². The Labute approximate surface area is 137 Å². The first kappa shape index (κ1) is 16.8. The van der Waals surface area contributed by atoms with E-state index in [2.05, 4.69) is 26.3 Å². The van der Waals surface area contributed by atoms with Crippen molar-refractivity contribution in [3.8, 4) is 0 Å². The highest BCUT2D eigenvalue weighted by molar-refractivity contribution is 9.10. The van der Waals surface area contributed by atoms with E-state index in [1.54, 1.807) is 25.1 Å². The molecular formula is C13H10BrClF3N3O. The predicted molar refractivity (Wildman–Crippen MR) is 80.1 cm³/mol. The van der Waals surface area contributed by atoms with E-state index >= 15 is 0 Å². The van der Waals surface area contributed by atoms with Gasteiger partial charge in [0.15, 0.2) is 11.4 Å². The molecule has 0 aliphatic rings. The van der Waals surface area contributed by atoms with Crippen molar-refractivity contribution in [2.24, 2.45) is 7.05 Å². The second kappa shape index (κ2) is 5.92. The molecule has 1 heterocycles. The zero-order valence-electron chi connectivity index (χ0n) is 11.4. The third-order valence-corrected chi connectivity index (χ3v) is 3.76. The Kier molecular flexibility index (Phi) is 4.53. The fraction of sp³-hybridized carbons (Fsp3) is 0.231. The summed E-state index contributed by atoms with van der Waals surface area (Å²) in [5.74, 6) is -0.804. The van der Waals surface area contributed by atoms with E-state index in [0.717, 1.165) is 17.1 Å². The van der Waals surface area contributed by atoms with Gasteiger partial charge in [0.25, 0.3) is 5.91 Å². The highest BCUT2D eigenvalue weighted by Crippen LogP contribution is 2.36. The number of alkyl halides is 3. The molecule has 1 aromatic carbocycles. The number of amides is 1. The third kappa shape index (κ3) is 3.27. The van der Waals surface area contributed by atoms with Gasteiger partial charge in [0, 0.05) is 17.2 Å². The zero-order chi connectivity index (χ0) is 16.7. The van der Waals surface area contributed by atoms with Crippen LogP contribution in [0, 0.1) is 6.92 Å². The Bertz CT molecular complexity index is 743. The molecule has 9 heteroatoms. The minimum Gasteiger partial charge on any atom is -0.320 e. The molecule has 2 rings (SSSR count). The lowest BCUT2D eigenvalue weighted by Gasteiger charge is -2.08. The van der Waals surface area contributed by atoms with E-state index in [4.69, 9.17) is 11.6 Å². The van der Waals surface area contributed by atoms with E-state index < -0.39 is 28.5 Å². The summed E-state index contributed by atoms with van der Waals surface area (Å²) >= 11 is 8.95. The molecule has 0 saturated carbocycles. The number of benzene rings is 1. The van der Waals surface area contributed by atoms with Crippen LogP contribution in [0.25, 0.3) is 0 Å². The van der Waals surface area contributed by atoms with Crippen molar-refractivity contribution >= 4 is 39.1 Å². The molecule has 22 heavy (non-hydrogen) atoms. The fourth-order valence-electron chi connectivity index (χ4n) is 1.90. The van der Waals surface area contributed by atoms with E-state index in [1.807, 2.05) is 0 Å². The van der Waals surface area contributed by atoms with Gasteiger partial charge in [-0.2, -0.15) is 18.3 Å². The van der Waals surface area contributed by atoms with E-state index in [-0.39, 0.29) is 0 Å². The molecule has 4 nitrogen and oxygen atoms in total. The van der Waals surface area contributed by atoms with E-state index in [0.29, 0.717) is 10.4 Å². The molecular weight excluding hydrogens is 387 g/mol. The van der Waals surface area contributed by atoms with Crippen molar-refractivity contribution in [1.82, 2.24) is 9.78 Å². The van der Waals surface area contributed by atoms with Gasteiger partial charge in [0.1, 0.15) is 5.02 Å². The highest BCUT2D eigenvalue weighted by Gasteiger charge is 2.40. The molecule has 0 aliphatic heterocycles. The van der Waals surface area contributed by atoms with Crippen LogP contribution in [0.5, 0.6) is 0 Å². The van der Waals surface area contributed by atoms with Gasteiger partial charge >= 0.3 is 6.18 Å². The van der Waals surface area contributed by atoms with Crippen LogP contribution in [0.1, 0.15) is 21.7 Å². The second-order valence-corrected chi connectivity index (χ2v) is 5.84. The Hall–Kier alpha value is -1.54. The number of carbonyl (C=O) groups excluding carboxylic acids is 1. The Morgan fingerprint density at radius 1 is 1.41 bits per heavy atom. The number of carbonyl (C=O) groups is 1. The van der Waals surface area contributed by atoms with Gasteiger partial charge in [0.2, 0.25) is 0 Å². The summed E-state index contributed by atoms with van der Waals surface area (Å²) in [7, 11) is 1.08. The number of nitrogens with one attached hydrogen (secondary N) is 1. The van der Waals surface area contributed by atoms with Gasteiger partial charge in [-0.3, -0.25) is 9.48 Å². The summed E-state index contributed by atoms with van der Waals surface area (Å²) in [5.41, 5.74) is -0.431. The molecule has 0 unspecified atom stereocenters. The molecule has 0 atom stereocenters. The molecule has 0 aliphatic carbocycles. The zero-order valence-corrected chi connectivity index (χ0v) is 13.8. The lowest BCUT2D eigenvalue weighted by atomic mass is 10.2. The normalized spacial score (nSPS) is 11.6. The third-order valence-electron chi connectivity index (χ3n) is 2.91. The van der Waals surface area contributed by atoms with Crippen LogP contribution in [-0.4, -0.2) is 15.7 Å². The quantitative estimate of drug-likeness (QED) is 0.817. The maximum absolute atomic E-state index is 12.8. The minimum absolute atomic E-state index is 0.462. The molecule has 1 aromatic heterocycles. The number of rotatable bonds is 2. The van der Waals surface area contributed by atoms with Crippen LogP contribution in [-0.2, 0) is 13.2 Å². The maximum atomic E-state index is 12.8. The maximum Gasteiger partial charge on any atom is 0.434 e. The van der Waals surface area contributed by atoms with Gasteiger partial charge in [-0.05, 0) is 30.7 Å². The van der Waals surface area contributed by atoms with Gasteiger partial charge in [-0.15, -0.1) is 0 Å². The SMILES string of the molecule is Cc1cc(Br)ccc1NC(=O)c1nn(C)c(C(F)(F)F)c1Cl. The topological polar surface area (TPSA) is 46.9 Å². The summed E-state index contributed by atoms with van der Waals surface area (Å²) in [6.07, 6.45) is -4.69. The minimum atomic E-state index is -4.69. The fourth-order valence-corrected chi connectivity index (χ4v) is 2.73. The average molecular weight is 397 g/mol. The summed E-state index contributed by atoms with van der Waals surface area (Å²) in [4.78, 5) is 12.1. The Morgan fingerprint density at radius 3 is 2.55 bits per heavy atom. The number of halogens is 5. The summed E-state index contributed by atoms with van der Waals surface area (Å²) in [5, 5.41) is 5.34. The Morgan fingerprint density at radius 2 is 2.05 bits per heavy atom. The predicted octanol–water partition coefficient (Wildman–Crippen LogP) is 4.42. The van der Waals surface area contributed by atoms with Crippen LogP contribution in [0.15, 0.2) is 22.7 Å². The standard InChI is InChI=1S/C13H10BrClF3N3O/c1-6-5-7(14)3-4-8(6)19-12(22)10-9(15)11(13(16,17)18)21(2)20-10/h3-5H,1-2H3,(H,19,22). The first-order valence-corrected chi connectivity index (χ1v) is 7.15. The molecule has 0 saturated heterocycles. The van der Waals surface area contributed by atoms with Crippen LogP contribution >= 0.6 is 27.5 Å². The van der Waals surface area contributed by atoms with Crippen molar-refractivity contribution < 1.29 is 18.0 Å². The van der Waals surface area contributed by atoms with Crippen molar-refractivity contribution in [1.29, 1.82) is 0 Å². The van der Waals surface area contributed by atoms with Crippen LogP contribution < -0.4 is 5.32 Å². The molecule has 1 amide bonds. The molecule has 118 valence electrons. The van der Waals surface area contributed by atoms with Crippen molar-refractivity contribution in [3.05, 3.63) is 44.6 Å². The lowest BCUT2D eigenvalue weighted by molar-refractivity contribution is -0.143. The van der Waals surface area contributed by atoms with E-state index in [1.165, 1.54) is 0 Å². The summed E-state index contributed by atoms with van der Waals surface area (Å²) < 4.78 is 39.9. The van der Waals surface area contributed by atoms with Crippen molar-refractivity contribution in [2.45, 2.75) is 13.1 Å². The first-order valence-electron chi connectivity index (χ1n) is 5.98. The second-order valence-electron chi connectivity index (χ2n) is 4.55.